The molecule has 0 aliphatic heterocycles. The van der Waals surface area contributed by atoms with E-state index >= 15 is 0 Å². The van der Waals surface area contributed by atoms with Crippen LogP contribution in [-0.2, 0) is 9.59 Å². The number of pyridine rings is 1. The van der Waals surface area contributed by atoms with Gasteiger partial charge in [0.1, 0.15) is 5.03 Å². The van der Waals surface area contributed by atoms with E-state index in [1.54, 1.807) is 0 Å². The number of aliphatic hydroxyl groups is 1. The minimum Gasteiger partial charge on any atom is -0.869 e. The molecule has 5 nitrogen and oxygen atoms in total. The number of halogens is 2. The Kier molecular flexibility index (Phi) is 5.09. The molecule has 0 unspecified atom stereocenters. The number of Topliss-reactive ketones (excluding diaryl/α,β-unsaturated/α-hetero) is 2. The van der Waals surface area contributed by atoms with Gasteiger partial charge in [0.05, 0.1) is 5.03 Å². The quantitative estimate of drug-likeness (QED) is 0.716. The monoisotopic (exact) mass is 301 g/mol. The van der Waals surface area contributed by atoms with E-state index in [0.717, 1.165) is 0 Å². The molecule has 2 N–H and O–H groups in total. The first-order valence-corrected chi connectivity index (χ1v) is 5.80. The minimum absolute atomic E-state index is 0.783. The Balaban J connectivity index is 0.000000218. The average molecular weight is 302 g/mol. The summed E-state index contributed by atoms with van der Waals surface area (Å²) in [4.78, 5) is 24.5. The molecule has 1 aromatic heterocycles. The zero-order chi connectivity index (χ0) is 14.6. The molecule has 1 aliphatic rings. The fourth-order valence-corrected chi connectivity index (χ4v) is 1.44. The molecule has 0 amide bonds. The van der Waals surface area contributed by atoms with Crippen molar-refractivity contribution in [3.63, 3.8) is 0 Å². The highest BCUT2D eigenvalue weighted by Crippen LogP contribution is 2.24. The zero-order valence-electron chi connectivity index (χ0n) is 9.74. The number of rotatable bonds is 0. The molecule has 1 heterocycles. The van der Waals surface area contributed by atoms with Crippen LogP contribution in [0.15, 0.2) is 46.0 Å². The number of hydrogen-bond acceptors (Lipinski definition) is 4. The van der Waals surface area contributed by atoms with Gasteiger partial charge in [-0.05, 0) is 5.76 Å². The van der Waals surface area contributed by atoms with E-state index in [1.807, 2.05) is 31.3 Å². The lowest BCUT2D eigenvalue weighted by atomic mass is 10.1. The van der Waals surface area contributed by atoms with Crippen LogP contribution in [0.2, 0.25) is 0 Å². The standard InChI is InChI=1S/C6H2Cl2O4.C6H7N/c7-1-3(9)5(11)2(8)6(12)4(1)10;1-6-4-2-3-5-7-6/h9,12H;2-5H,1H3. The van der Waals surface area contributed by atoms with Gasteiger partial charge in [-0.3, -0.25) is 9.59 Å². The maximum atomic E-state index is 10.8. The molecule has 19 heavy (non-hydrogen) atoms. The number of nitrogens with one attached hydrogen (secondary N) is 1. The van der Waals surface area contributed by atoms with Crippen molar-refractivity contribution < 1.29 is 24.8 Å². The minimum atomic E-state index is -1.19. The lowest BCUT2D eigenvalue weighted by Gasteiger charge is -2.17. The second kappa shape index (κ2) is 6.36. The topological polar surface area (TPSA) is 91.6 Å². The van der Waals surface area contributed by atoms with Gasteiger partial charge in [0.15, 0.2) is 23.4 Å². The van der Waals surface area contributed by atoms with Gasteiger partial charge in [-0.25, -0.2) is 4.98 Å². The van der Waals surface area contributed by atoms with Crippen LogP contribution in [-0.4, -0.2) is 16.7 Å². The molecule has 0 saturated heterocycles. The largest absolute Gasteiger partial charge is 0.869 e. The molecule has 1 aromatic rings. The first kappa shape index (κ1) is 15.2. The Morgan fingerprint density at radius 1 is 1.16 bits per heavy atom. The van der Waals surface area contributed by atoms with Crippen molar-refractivity contribution in [2.24, 2.45) is 0 Å². The summed E-state index contributed by atoms with van der Waals surface area (Å²) in [6.07, 6.45) is 1.91. The van der Waals surface area contributed by atoms with E-state index < -0.39 is 33.1 Å². The number of aromatic amines is 1. The molecule has 100 valence electrons. The van der Waals surface area contributed by atoms with Gasteiger partial charge in [0.25, 0.3) is 0 Å². The van der Waals surface area contributed by atoms with Crippen molar-refractivity contribution in [3.05, 3.63) is 51.7 Å². The second-order valence-corrected chi connectivity index (χ2v) is 4.27. The molecule has 0 atom stereocenters. The van der Waals surface area contributed by atoms with E-state index in [0.29, 0.717) is 0 Å². The summed E-state index contributed by atoms with van der Waals surface area (Å²) in [5.74, 6) is -4.46. The van der Waals surface area contributed by atoms with Crippen LogP contribution in [0.4, 0.5) is 0 Å². The van der Waals surface area contributed by atoms with Crippen LogP contribution >= 0.6 is 23.2 Å². The molecule has 0 saturated carbocycles. The van der Waals surface area contributed by atoms with Gasteiger partial charge >= 0.3 is 0 Å². The molecule has 0 fully saturated rings. The molecular formula is C12H9Cl2NO4. The Labute approximate surface area is 118 Å². The molecule has 7 heteroatoms. The van der Waals surface area contributed by atoms with Crippen LogP contribution < -0.4 is 10.1 Å². The average Bonchev–Trinajstić information content (AvgIpc) is 2.42. The molecule has 0 radical (unpaired) electrons. The molecule has 0 spiro atoms. The number of aryl methyl sites for hydroxylation is 1. The Morgan fingerprint density at radius 2 is 1.79 bits per heavy atom. The van der Waals surface area contributed by atoms with Crippen molar-refractivity contribution >= 4 is 34.8 Å². The predicted molar refractivity (Wildman–Crippen MR) is 66.1 cm³/mol. The predicted octanol–water partition coefficient (Wildman–Crippen LogP) is 0.766. The van der Waals surface area contributed by atoms with Crippen molar-refractivity contribution in [2.45, 2.75) is 6.92 Å². The van der Waals surface area contributed by atoms with E-state index in [4.69, 9.17) is 28.3 Å². The number of aromatic nitrogens is 1. The normalized spacial score (nSPS) is 15.3. The fourth-order valence-electron chi connectivity index (χ4n) is 1.10. The smallest absolute Gasteiger partial charge is 0.239 e. The summed E-state index contributed by atoms with van der Waals surface area (Å²) in [5.41, 5.74) is 1.20. The summed E-state index contributed by atoms with van der Waals surface area (Å²) in [6.45, 7) is 2.03. The third-order valence-electron chi connectivity index (χ3n) is 2.09. The van der Waals surface area contributed by atoms with Crippen LogP contribution in [0.25, 0.3) is 0 Å². The first-order valence-electron chi connectivity index (χ1n) is 5.04. The van der Waals surface area contributed by atoms with Gasteiger partial charge in [-0.1, -0.05) is 29.3 Å². The number of allylic oxidation sites excluding steroid dienone is 2. The lowest BCUT2D eigenvalue weighted by molar-refractivity contribution is -0.387. The third kappa shape index (κ3) is 3.56. The Hall–Kier alpha value is -1.85. The lowest BCUT2D eigenvalue weighted by Crippen LogP contribution is -2.26. The summed E-state index contributed by atoms with van der Waals surface area (Å²) in [7, 11) is 0. The van der Waals surface area contributed by atoms with Crippen molar-refractivity contribution in [1.29, 1.82) is 0 Å². The molecule has 1 aliphatic carbocycles. The van der Waals surface area contributed by atoms with Crippen molar-refractivity contribution in [3.8, 4) is 0 Å². The van der Waals surface area contributed by atoms with Gasteiger partial charge in [0.2, 0.25) is 5.78 Å². The fraction of sp³-hybridized carbons (Fsp3) is 0.0833. The zero-order valence-corrected chi connectivity index (χ0v) is 11.2. The maximum absolute atomic E-state index is 10.8. The van der Waals surface area contributed by atoms with E-state index in [1.165, 1.54) is 5.69 Å². The first-order chi connectivity index (χ1) is 8.86. The van der Waals surface area contributed by atoms with Crippen LogP contribution in [0.5, 0.6) is 0 Å². The molecule has 2 rings (SSSR count). The van der Waals surface area contributed by atoms with E-state index in [9.17, 15) is 14.7 Å². The summed E-state index contributed by atoms with van der Waals surface area (Å²) in [6, 6.07) is 6.00. The summed E-state index contributed by atoms with van der Waals surface area (Å²) < 4.78 is 0. The number of carbonyl (C=O) groups is 2. The summed E-state index contributed by atoms with van der Waals surface area (Å²) >= 11 is 10.3. The second-order valence-electron chi connectivity index (χ2n) is 3.51. The highest BCUT2D eigenvalue weighted by atomic mass is 35.5. The van der Waals surface area contributed by atoms with Crippen LogP contribution in [0.3, 0.4) is 0 Å². The van der Waals surface area contributed by atoms with E-state index in [2.05, 4.69) is 4.98 Å². The van der Waals surface area contributed by atoms with Gasteiger partial charge in [-0.15, -0.1) is 0 Å². The van der Waals surface area contributed by atoms with E-state index in [-0.39, 0.29) is 0 Å². The number of hydrogen-bond donors (Lipinski definition) is 1. The number of carbonyl (C=O) groups excluding carboxylic acids is 2. The van der Waals surface area contributed by atoms with Gasteiger partial charge < -0.3 is 10.2 Å². The SMILES string of the molecule is Cc1cccc[nH+]1.O=C1C(O)=C(Cl)C(=O)C([O-])=C1Cl. The van der Waals surface area contributed by atoms with Gasteiger partial charge in [-0.2, -0.15) is 0 Å². The molecule has 0 bridgehead atoms. The van der Waals surface area contributed by atoms with Crippen LogP contribution in [0.1, 0.15) is 5.69 Å². The highest BCUT2D eigenvalue weighted by molar-refractivity contribution is 6.55. The van der Waals surface area contributed by atoms with Crippen molar-refractivity contribution in [2.75, 3.05) is 0 Å². The Bertz CT molecular complexity index is 517. The molecular weight excluding hydrogens is 293 g/mol. The number of H-pyrrole nitrogens is 1. The molecule has 0 aromatic carbocycles. The highest BCUT2D eigenvalue weighted by Gasteiger charge is 2.28. The third-order valence-corrected chi connectivity index (χ3v) is 2.79. The van der Waals surface area contributed by atoms with Crippen LogP contribution in [0, 0.1) is 6.92 Å². The summed E-state index contributed by atoms with van der Waals surface area (Å²) in [5, 5.41) is 17.9. The number of ketones is 2. The Morgan fingerprint density at radius 3 is 2.21 bits per heavy atom. The van der Waals surface area contributed by atoms with Gasteiger partial charge in [0, 0.05) is 19.1 Å². The van der Waals surface area contributed by atoms with Crippen molar-refractivity contribution in [1.82, 2.24) is 0 Å². The number of aliphatic hydroxyl groups excluding tert-OH is 1. The maximum Gasteiger partial charge on any atom is 0.239 e.